The van der Waals surface area contributed by atoms with Crippen LogP contribution >= 0.6 is 0 Å². The summed E-state index contributed by atoms with van der Waals surface area (Å²) in [5, 5.41) is 2.91. The number of ether oxygens (including phenoxy) is 2. The molecule has 0 radical (unpaired) electrons. The fourth-order valence-electron chi connectivity index (χ4n) is 2.88. The van der Waals surface area contributed by atoms with Gasteiger partial charge in [0.1, 0.15) is 11.5 Å². The molecule has 4 nitrogen and oxygen atoms in total. The van der Waals surface area contributed by atoms with Crippen LogP contribution in [0.1, 0.15) is 36.2 Å². The van der Waals surface area contributed by atoms with Gasteiger partial charge in [0.05, 0.1) is 13.2 Å². The van der Waals surface area contributed by atoms with Crippen LogP contribution in [-0.4, -0.2) is 19.1 Å². The first-order chi connectivity index (χ1) is 14.6. The molecule has 3 aromatic rings. The minimum atomic E-state index is -0.153. The highest BCUT2D eigenvalue weighted by molar-refractivity contribution is 6.04. The maximum Gasteiger partial charge on any atom is 0.255 e. The molecule has 156 valence electrons. The van der Waals surface area contributed by atoms with E-state index in [-0.39, 0.29) is 5.91 Å². The van der Waals surface area contributed by atoms with E-state index >= 15 is 0 Å². The quantitative estimate of drug-likeness (QED) is 0.453. The summed E-state index contributed by atoms with van der Waals surface area (Å²) in [6.07, 6.45) is 1.87. The first-order valence-corrected chi connectivity index (χ1v) is 10.4. The van der Waals surface area contributed by atoms with Gasteiger partial charge < -0.3 is 14.8 Å². The first kappa shape index (κ1) is 21.4. The first-order valence-electron chi connectivity index (χ1n) is 10.4. The van der Waals surface area contributed by atoms with Crippen molar-refractivity contribution in [2.24, 2.45) is 5.92 Å². The Labute approximate surface area is 178 Å². The average molecular weight is 404 g/mol. The van der Waals surface area contributed by atoms with E-state index in [1.807, 2.05) is 54.6 Å². The number of benzene rings is 3. The van der Waals surface area contributed by atoms with Crippen LogP contribution in [0.2, 0.25) is 0 Å². The van der Waals surface area contributed by atoms with Gasteiger partial charge in [-0.25, -0.2) is 0 Å². The van der Waals surface area contributed by atoms with E-state index in [0.29, 0.717) is 24.7 Å². The van der Waals surface area contributed by atoms with Crippen LogP contribution in [0.25, 0.3) is 0 Å². The Morgan fingerprint density at radius 3 is 2.03 bits per heavy atom. The second-order valence-corrected chi connectivity index (χ2v) is 7.62. The lowest BCUT2D eigenvalue weighted by molar-refractivity contribution is 0.102. The minimum absolute atomic E-state index is 0.153. The van der Waals surface area contributed by atoms with E-state index in [1.165, 1.54) is 5.56 Å². The Hall–Kier alpha value is -3.27. The highest BCUT2D eigenvalue weighted by Gasteiger charge is 2.07. The Kier molecular flexibility index (Phi) is 7.90. The van der Waals surface area contributed by atoms with Gasteiger partial charge >= 0.3 is 0 Å². The molecule has 1 amide bonds. The van der Waals surface area contributed by atoms with Gasteiger partial charge in [0.2, 0.25) is 0 Å². The zero-order valence-corrected chi connectivity index (χ0v) is 17.6. The average Bonchev–Trinajstić information content (AvgIpc) is 2.76. The molecule has 3 rings (SSSR count). The minimum Gasteiger partial charge on any atom is -0.494 e. The van der Waals surface area contributed by atoms with Gasteiger partial charge in [-0.2, -0.15) is 0 Å². The highest BCUT2D eigenvalue weighted by Crippen LogP contribution is 2.18. The molecule has 4 heteroatoms. The maximum absolute atomic E-state index is 12.5. The smallest absolute Gasteiger partial charge is 0.255 e. The van der Waals surface area contributed by atoms with E-state index in [9.17, 15) is 4.79 Å². The van der Waals surface area contributed by atoms with Crippen molar-refractivity contribution in [3.8, 4) is 11.5 Å². The lowest BCUT2D eigenvalue weighted by atomic mass is 10.1. The van der Waals surface area contributed by atoms with Crippen LogP contribution in [-0.2, 0) is 6.42 Å². The van der Waals surface area contributed by atoms with Crippen molar-refractivity contribution in [2.45, 2.75) is 26.7 Å². The van der Waals surface area contributed by atoms with Gasteiger partial charge in [-0.1, -0.05) is 44.2 Å². The summed E-state index contributed by atoms with van der Waals surface area (Å²) in [5.41, 5.74) is 2.56. The number of amides is 1. The molecule has 0 heterocycles. The van der Waals surface area contributed by atoms with Gasteiger partial charge in [0.15, 0.2) is 0 Å². The highest BCUT2D eigenvalue weighted by atomic mass is 16.5. The van der Waals surface area contributed by atoms with Crippen LogP contribution < -0.4 is 14.8 Å². The zero-order chi connectivity index (χ0) is 21.2. The molecule has 0 saturated carbocycles. The van der Waals surface area contributed by atoms with E-state index in [0.717, 1.165) is 30.0 Å². The fraction of sp³-hybridized carbons (Fsp3) is 0.269. The molecule has 1 N–H and O–H groups in total. The third-order valence-electron chi connectivity index (χ3n) is 4.69. The molecule has 0 aliphatic rings. The lowest BCUT2D eigenvalue weighted by Crippen LogP contribution is -2.11. The van der Waals surface area contributed by atoms with Crippen molar-refractivity contribution in [3.63, 3.8) is 0 Å². The zero-order valence-electron chi connectivity index (χ0n) is 17.6. The standard InChI is InChI=1S/C26H29NO3/c1-20(2)16-18-29-25-14-10-23(11-15-25)27-26(28)22-8-12-24(13-9-22)30-19-17-21-6-4-3-5-7-21/h3-15,20H,16-19H2,1-2H3,(H,27,28). The fourth-order valence-corrected chi connectivity index (χ4v) is 2.88. The van der Waals surface area contributed by atoms with Gasteiger partial charge in [-0.05, 0) is 66.4 Å². The van der Waals surface area contributed by atoms with Crippen LogP contribution in [0.3, 0.4) is 0 Å². The predicted molar refractivity (Wildman–Crippen MR) is 121 cm³/mol. The summed E-state index contributed by atoms with van der Waals surface area (Å²) < 4.78 is 11.5. The normalized spacial score (nSPS) is 10.6. The van der Waals surface area contributed by atoms with E-state index in [2.05, 4.69) is 31.3 Å². The number of hydrogen-bond donors (Lipinski definition) is 1. The predicted octanol–water partition coefficient (Wildman–Crippen LogP) is 5.99. The van der Waals surface area contributed by atoms with Crippen LogP contribution in [0.4, 0.5) is 5.69 Å². The SMILES string of the molecule is CC(C)CCOc1ccc(NC(=O)c2ccc(OCCc3ccccc3)cc2)cc1. The molecule has 0 spiro atoms. The van der Waals surface area contributed by atoms with Gasteiger partial charge in [-0.3, -0.25) is 4.79 Å². The van der Waals surface area contributed by atoms with Gasteiger partial charge in [0, 0.05) is 17.7 Å². The number of carbonyl (C=O) groups is 1. The second kappa shape index (κ2) is 11.1. The van der Waals surface area contributed by atoms with Crippen molar-refractivity contribution in [2.75, 3.05) is 18.5 Å². The summed E-state index contributed by atoms with van der Waals surface area (Å²) in [4.78, 5) is 12.5. The molecular formula is C26H29NO3. The number of rotatable bonds is 10. The summed E-state index contributed by atoms with van der Waals surface area (Å²) in [7, 11) is 0. The van der Waals surface area contributed by atoms with E-state index in [1.54, 1.807) is 12.1 Å². The lowest BCUT2D eigenvalue weighted by Gasteiger charge is -2.10. The molecule has 30 heavy (non-hydrogen) atoms. The molecule has 0 bridgehead atoms. The topological polar surface area (TPSA) is 47.6 Å². The molecule has 0 aromatic heterocycles. The Bertz CT molecular complexity index is 903. The summed E-state index contributed by atoms with van der Waals surface area (Å²) in [6.45, 7) is 5.64. The van der Waals surface area contributed by atoms with Crippen LogP contribution in [0.5, 0.6) is 11.5 Å². The summed E-state index contributed by atoms with van der Waals surface area (Å²) in [5.74, 6) is 2.03. The Morgan fingerprint density at radius 2 is 1.40 bits per heavy atom. The van der Waals surface area contributed by atoms with Crippen LogP contribution in [0, 0.1) is 5.92 Å². The van der Waals surface area contributed by atoms with Crippen molar-refractivity contribution in [3.05, 3.63) is 90.0 Å². The largest absolute Gasteiger partial charge is 0.494 e. The molecule has 0 unspecified atom stereocenters. The molecule has 3 aromatic carbocycles. The number of nitrogens with one attached hydrogen (secondary N) is 1. The molecule has 0 atom stereocenters. The number of anilines is 1. The number of carbonyl (C=O) groups excluding carboxylic acids is 1. The van der Waals surface area contributed by atoms with E-state index in [4.69, 9.17) is 9.47 Å². The van der Waals surface area contributed by atoms with E-state index < -0.39 is 0 Å². The second-order valence-electron chi connectivity index (χ2n) is 7.62. The van der Waals surface area contributed by atoms with Crippen molar-refractivity contribution in [1.29, 1.82) is 0 Å². The van der Waals surface area contributed by atoms with Crippen molar-refractivity contribution >= 4 is 11.6 Å². The van der Waals surface area contributed by atoms with Gasteiger partial charge in [-0.15, -0.1) is 0 Å². The van der Waals surface area contributed by atoms with Crippen molar-refractivity contribution in [1.82, 2.24) is 0 Å². The van der Waals surface area contributed by atoms with Crippen LogP contribution in [0.15, 0.2) is 78.9 Å². The third kappa shape index (κ3) is 6.96. The molecule has 0 aliphatic heterocycles. The Balaban J connectivity index is 1.46. The molecule has 0 saturated heterocycles. The Morgan fingerprint density at radius 1 is 0.800 bits per heavy atom. The maximum atomic E-state index is 12.5. The molecule has 0 fully saturated rings. The summed E-state index contributed by atoms with van der Waals surface area (Å²) >= 11 is 0. The molecule has 0 aliphatic carbocycles. The molecular weight excluding hydrogens is 374 g/mol. The number of hydrogen-bond acceptors (Lipinski definition) is 3. The monoisotopic (exact) mass is 403 g/mol. The van der Waals surface area contributed by atoms with Gasteiger partial charge in [0.25, 0.3) is 5.91 Å². The third-order valence-corrected chi connectivity index (χ3v) is 4.69. The summed E-state index contributed by atoms with van der Waals surface area (Å²) in [6, 6.07) is 24.9. The van der Waals surface area contributed by atoms with Crippen molar-refractivity contribution < 1.29 is 14.3 Å².